The molecule has 0 aliphatic carbocycles. The number of carbonyl (C=O) groups excluding carboxylic acids is 2. The van der Waals surface area contributed by atoms with E-state index in [9.17, 15) is 9.59 Å². The molecule has 1 fully saturated rings. The van der Waals surface area contributed by atoms with E-state index in [4.69, 9.17) is 0 Å². The minimum atomic E-state index is -0.248. The number of hydrogen-bond acceptors (Lipinski definition) is 4. The minimum absolute atomic E-state index is 0.0400. The Morgan fingerprint density at radius 3 is 3.12 bits per heavy atom. The van der Waals surface area contributed by atoms with Crippen LogP contribution in [0.4, 0.5) is 0 Å². The van der Waals surface area contributed by atoms with Gasteiger partial charge in [0.15, 0.2) is 0 Å². The molecule has 4 heterocycles. The predicted octanol–water partition coefficient (Wildman–Crippen LogP) is 0.738. The van der Waals surface area contributed by atoms with E-state index in [1.807, 2.05) is 17.0 Å². The molecule has 1 unspecified atom stereocenters. The zero-order valence-electron chi connectivity index (χ0n) is 13.3. The van der Waals surface area contributed by atoms with Crippen LogP contribution in [0.3, 0.4) is 0 Å². The fraction of sp³-hybridized carbons (Fsp3) is 0.412. The molecule has 4 rings (SSSR count). The SMILES string of the molecule is O=C1CC(C(=O)N2CCc3[nH]ncc3C2)CN1Cc1cccnc1. The Morgan fingerprint density at radius 1 is 1.38 bits per heavy atom. The van der Waals surface area contributed by atoms with Gasteiger partial charge in [-0.15, -0.1) is 0 Å². The highest BCUT2D eigenvalue weighted by atomic mass is 16.2. The Morgan fingerprint density at radius 2 is 2.29 bits per heavy atom. The highest BCUT2D eigenvalue weighted by Gasteiger charge is 2.37. The molecule has 2 aromatic rings. The third-order valence-electron chi connectivity index (χ3n) is 4.77. The second-order valence-electron chi connectivity index (χ2n) is 6.42. The van der Waals surface area contributed by atoms with Crippen LogP contribution < -0.4 is 0 Å². The highest BCUT2D eigenvalue weighted by molar-refractivity contribution is 5.89. The van der Waals surface area contributed by atoms with Crippen molar-refractivity contribution in [1.29, 1.82) is 0 Å². The van der Waals surface area contributed by atoms with Crippen LogP contribution in [0, 0.1) is 5.92 Å². The summed E-state index contributed by atoms with van der Waals surface area (Å²) < 4.78 is 0. The molecule has 2 amide bonds. The third kappa shape index (κ3) is 2.77. The molecule has 0 saturated carbocycles. The Kier molecular flexibility index (Phi) is 3.76. The number of nitrogens with one attached hydrogen (secondary N) is 1. The molecule has 7 heteroatoms. The molecule has 1 saturated heterocycles. The number of pyridine rings is 1. The van der Waals surface area contributed by atoms with Crippen LogP contribution in [0.2, 0.25) is 0 Å². The Labute approximate surface area is 139 Å². The average Bonchev–Trinajstić information content (AvgIpc) is 3.21. The molecule has 1 N–H and O–H groups in total. The van der Waals surface area contributed by atoms with Crippen LogP contribution >= 0.6 is 0 Å². The van der Waals surface area contributed by atoms with Crippen LogP contribution in [-0.4, -0.2) is 49.9 Å². The first-order chi connectivity index (χ1) is 11.7. The van der Waals surface area contributed by atoms with Crippen molar-refractivity contribution >= 4 is 11.8 Å². The predicted molar refractivity (Wildman–Crippen MR) is 85.5 cm³/mol. The lowest BCUT2D eigenvalue weighted by Gasteiger charge is -2.28. The molecule has 0 radical (unpaired) electrons. The van der Waals surface area contributed by atoms with E-state index in [0.29, 0.717) is 32.6 Å². The van der Waals surface area contributed by atoms with E-state index >= 15 is 0 Å². The van der Waals surface area contributed by atoms with Crippen LogP contribution in [0.25, 0.3) is 0 Å². The van der Waals surface area contributed by atoms with Gasteiger partial charge in [-0.1, -0.05) is 6.07 Å². The van der Waals surface area contributed by atoms with E-state index in [1.54, 1.807) is 23.5 Å². The van der Waals surface area contributed by atoms with E-state index < -0.39 is 0 Å². The molecule has 7 nitrogen and oxygen atoms in total. The molecular weight excluding hydrogens is 306 g/mol. The third-order valence-corrected chi connectivity index (χ3v) is 4.77. The number of fused-ring (bicyclic) bond motifs is 1. The van der Waals surface area contributed by atoms with Crippen molar-refractivity contribution in [3.05, 3.63) is 47.5 Å². The largest absolute Gasteiger partial charge is 0.338 e. The topological polar surface area (TPSA) is 82.2 Å². The standard InChI is InChI=1S/C17H19N5O2/c23-16-6-13(10-22(16)9-12-2-1-4-18-7-12)17(24)21-5-3-15-14(11-21)8-19-20-15/h1-2,4,7-8,13H,3,5-6,9-11H2,(H,19,20). The summed E-state index contributed by atoms with van der Waals surface area (Å²) in [6.07, 6.45) is 6.34. The number of nitrogens with zero attached hydrogens (tertiary/aromatic N) is 4. The van der Waals surface area contributed by atoms with Gasteiger partial charge >= 0.3 is 0 Å². The molecule has 1 atom stereocenters. The molecule has 2 aliphatic rings. The zero-order chi connectivity index (χ0) is 16.5. The van der Waals surface area contributed by atoms with Crippen molar-refractivity contribution in [1.82, 2.24) is 25.0 Å². The van der Waals surface area contributed by atoms with Gasteiger partial charge in [0.25, 0.3) is 0 Å². The lowest BCUT2D eigenvalue weighted by molar-refractivity contribution is -0.136. The van der Waals surface area contributed by atoms with Crippen molar-refractivity contribution in [2.24, 2.45) is 5.92 Å². The van der Waals surface area contributed by atoms with Crippen molar-refractivity contribution in [3.63, 3.8) is 0 Å². The molecule has 124 valence electrons. The number of likely N-dealkylation sites (tertiary alicyclic amines) is 1. The lowest BCUT2D eigenvalue weighted by Crippen LogP contribution is -2.40. The van der Waals surface area contributed by atoms with Crippen molar-refractivity contribution in [2.45, 2.75) is 25.9 Å². The number of carbonyl (C=O) groups is 2. The molecule has 2 aromatic heterocycles. The molecular formula is C17H19N5O2. The molecule has 0 aromatic carbocycles. The Balaban J connectivity index is 1.40. The van der Waals surface area contributed by atoms with E-state index in [2.05, 4.69) is 15.2 Å². The van der Waals surface area contributed by atoms with E-state index in [1.165, 1.54) is 0 Å². The van der Waals surface area contributed by atoms with Gasteiger partial charge in [-0.3, -0.25) is 19.7 Å². The molecule has 2 aliphatic heterocycles. The van der Waals surface area contributed by atoms with Crippen molar-refractivity contribution < 1.29 is 9.59 Å². The fourth-order valence-corrected chi connectivity index (χ4v) is 3.47. The number of amides is 2. The first-order valence-electron chi connectivity index (χ1n) is 8.17. The van der Waals surface area contributed by atoms with Gasteiger partial charge in [0.1, 0.15) is 0 Å². The minimum Gasteiger partial charge on any atom is -0.338 e. The fourth-order valence-electron chi connectivity index (χ4n) is 3.47. The summed E-state index contributed by atoms with van der Waals surface area (Å²) in [5, 5.41) is 7.01. The van der Waals surface area contributed by atoms with E-state index in [0.717, 1.165) is 23.2 Å². The normalized spacial score (nSPS) is 20.3. The van der Waals surface area contributed by atoms with Crippen LogP contribution in [-0.2, 0) is 29.1 Å². The van der Waals surface area contributed by atoms with Gasteiger partial charge in [0, 0.05) is 62.7 Å². The summed E-state index contributed by atoms with van der Waals surface area (Å²) in [7, 11) is 0. The monoisotopic (exact) mass is 325 g/mol. The van der Waals surface area contributed by atoms with Gasteiger partial charge in [0.05, 0.1) is 12.1 Å². The first-order valence-corrected chi connectivity index (χ1v) is 8.17. The maximum Gasteiger partial charge on any atom is 0.228 e. The molecule has 24 heavy (non-hydrogen) atoms. The number of hydrogen-bond donors (Lipinski definition) is 1. The smallest absolute Gasteiger partial charge is 0.228 e. The summed E-state index contributed by atoms with van der Waals surface area (Å²) in [6.45, 7) is 2.27. The Bertz CT molecular complexity index is 757. The summed E-state index contributed by atoms with van der Waals surface area (Å²) in [6, 6.07) is 3.80. The number of aromatic amines is 1. The lowest BCUT2D eigenvalue weighted by atomic mass is 10.0. The van der Waals surface area contributed by atoms with Gasteiger partial charge < -0.3 is 9.80 Å². The van der Waals surface area contributed by atoms with Crippen LogP contribution in [0.1, 0.15) is 23.2 Å². The second kappa shape index (κ2) is 6.07. The number of rotatable bonds is 3. The average molecular weight is 325 g/mol. The second-order valence-corrected chi connectivity index (χ2v) is 6.42. The summed E-state index contributed by atoms with van der Waals surface area (Å²) in [5.74, 6) is -0.135. The van der Waals surface area contributed by atoms with Crippen LogP contribution in [0.5, 0.6) is 0 Å². The quantitative estimate of drug-likeness (QED) is 0.902. The molecule has 0 spiro atoms. The van der Waals surface area contributed by atoms with E-state index in [-0.39, 0.29) is 17.7 Å². The maximum atomic E-state index is 12.8. The van der Waals surface area contributed by atoms with Gasteiger partial charge in [-0.25, -0.2) is 0 Å². The zero-order valence-corrected chi connectivity index (χ0v) is 13.3. The first kappa shape index (κ1) is 14.9. The van der Waals surface area contributed by atoms with Gasteiger partial charge in [0.2, 0.25) is 11.8 Å². The highest BCUT2D eigenvalue weighted by Crippen LogP contribution is 2.25. The van der Waals surface area contributed by atoms with Crippen molar-refractivity contribution in [3.8, 4) is 0 Å². The molecule has 0 bridgehead atoms. The van der Waals surface area contributed by atoms with Crippen LogP contribution in [0.15, 0.2) is 30.7 Å². The maximum absolute atomic E-state index is 12.8. The van der Waals surface area contributed by atoms with Gasteiger partial charge in [-0.05, 0) is 11.6 Å². The summed E-state index contributed by atoms with van der Waals surface area (Å²) in [5.41, 5.74) is 3.17. The summed E-state index contributed by atoms with van der Waals surface area (Å²) in [4.78, 5) is 32.7. The number of aromatic nitrogens is 3. The van der Waals surface area contributed by atoms with Crippen molar-refractivity contribution in [2.75, 3.05) is 13.1 Å². The van der Waals surface area contributed by atoms with Gasteiger partial charge in [-0.2, -0.15) is 5.10 Å². The summed E-state index contributed by atoms with van der Waals surface area (Å²) >= 11 is 0. The Hall–Kier alpha value is -2.70. The number of H-pyrrole nitrogens is 1.